The molecule has 0 aliphatic carbocycles. The number of aromatic nitrogens is 2. The average Bonchev–Trinajstić information content (AvgIpc) is 3.18. The van der Waals surface area contributed by atoms with Crippen LogP contribution in [0.4, 0.5) is 0 Å². The number of hydrogen-bond donors (Lipinski definition) is 2. The lowest BCUT2D eigenvalue weighted by molar-refractivity contribution is 0.459. The highest BCUT2D eigenvalue weighted by Gasteiger charge is 2.37. The molecule has 2 aromatic carbocycles. The van der Waals surface area contributed by atoms with Crippen LogP contribution in [-0.2, 0) is 5.54 Å². The molecule has 1 atom stereocenters. The molecule has 0 amide bonds. The topological polar surface area (TPSA) is 72.0 Å². The predicted molar refractivity (Wildman–Crippen MR) is 96.0 cm³/mol. The van der Waals surface area contributed by atoms with Crippen molar-refractivity contribution in [3.8, 4) is 5.75 Å². The molecule has 118 valence electrons. The fraction of sp³-hybridized carbons (Fsp3) is 0.0526. The molecule has 4 nitrogen and oxygen atoms in total. The smallest absolute Gasteiger partial charge is 0.147 e. The molecule has 0 aliphatic heterocycles. The minimum atomic E-state index is -1.04. The van der Waals surface area contributed by atoms with Gasteiger partial charge in [0.25, 0.3) is 0 Å². The van der Waals surface area contributed by atoms with Gasteiger partial charge in [0.1, 0.15) is 21.8 Å². The molecule has 0 bridgehead atoms. The molecule has 2 aromatic heterocycles. The van der Waals surface area contributed by atoms with Gasteiger partial charge in [-0.2, -0.15) is 0 Å². The lowest BCUT2D eigenvalue weighted by atomic mass is 9.83. The van der Waals surface area contributed by atoms with E-state index in [1.54, 1.807) is 12.4 Å². The van der Waals surface area contributed by atoms with E-state index in [9.17, 15) is 5.11 Å². The molecule has 0 saturated heterocycles. The van der Waals surface area contributed by atoms with Crippen LogP contribution >= 0.6 is 11.3 Å². The number of aromatic hydroxyl groups is 1. The monoisotopic (exact) mass is 333 g/mol. The van der Waals surface area contributed by atoms with E-state index in [1.807, 2.05) is 60.0 Å². The van der Waals surface area contributed by atoms with E-state index in [0.717, 1.165) is 16.0 Å². The van der Waals surface area contributed by atoms with E-state index < -0.39 is 5.54 Å². The van der Waals surface area contributed by atoms with Crippen LogP contribution in [0.1, 0.15) is 16.1 Å². The first-order chi connectivity index (χ1) is 11.7. The minimum Gasteiger partial charge on any atom is -0.505 e. The van der Waals surface area contributed by atoms with Crippen LogP contribution in [-0.4, -0.2) is 15.1 Å². The van der Waals surface area contributed by atoms with Crippen molar-refractivity contribution in [3.05, 3.63) is 88.5 Å². The van der Waals surface area contributed by atoms with Gasteiger partial charge >= 0.3 is 0 Å². The standard InChI is InChI=1S/C19H15N3OS/c20-19(18-22-11-12-24-18,14-6-2-1-3-7-14)15-9-8-13-5-4-10-21-16(13)17(15)23/h1-12,23H,20H2. The van der Waals surface area contributed by atoms with Crippen molar-refractivity contribution in [1.29, 1.82) is 0 Å². The second kappa shape index (κ2) is 5.70. The Balaban J connectivity index is 2.04. The Morgan fingerprint density at radius 3 is 2.50 bits per heavy atom. The molecule has 4 aromatic rings. The molecule has 3 N–H and O–H groups in total. The third-order valence-corrected chi connectivity index (χ3v) is 5.08. The van der Waals surface area contributed by atoms with Crippen LogP contribution in [0.5, 0.6) is 5.75 Å². The Hall–Kier alpha value is -2.76. The Kier molecular flexibility index (Phi) is 3.52. The van der Waals surface area contributed by atoms with Crippen molar-refractivity contribution in [1.82, 2.24) is 9.97 Å². The van der Waals surface area contributed by atoms with Gasteiger partial charge in [-0.3, -0.25) is 4.98 Å². The maximum Gasteiger partial charge on any atom is 0.147 e. The zero-order valence-electron chi connectivity index (χ0n) is 12.8. The molecular formula is C19H15N3OS. The van der Waals surface area contributed by atoms with Crippen molar-refractivity contribution in [3.63, 3.8) is 0 Å². The van der Waals surface area contributed by atoms with Gasteiger partial charge in [-0.15, -0.1) is 11.3 Å². The summed E-state index contributed by atoms with van der Waals surface area (Å²) in [6.07, 6.45) is 3.39. The number of fused-ring (bicyclic) bond motifs is 1. The van der Waals surface area contributed by atoms with E-state index >= 15 is 0 Å². The van der Waals surface area contributed by atoms with Crippen LogP contribution in [0.3, 0.4) is 0 Å². The molecule has 0 aliphatic rings. The highest BCUT2D eigenvalue weighted by molar-refractivity contribution is 7.09. The summed E-state index contributed by atoms with van der Waals surface area (Å²) in [7, 11) is 0. The van der Waals surface area contributed by atoms with Gasteiger partial charge in [0.2, 0.25) is 0 Å². The van der Waals surface area contributed by atoms with Crippen molar-refractivity contribution < 1.29 is 5.11 Å². The van der Waals surface area contributed by atoms with Gasteiger partial charge in [0.05, 0.1) is 0 Å². The number of benzene rings is 2. The third kappa shape index (κ3) is 2.18. The number of hydrogen-bond acceptors (Lipinski definition) is 5. The number of nitrogens with two attached hydrogens (primary N) is 1. The van der Waals surface area contributed by atoms with E-state index in [2.05, 4.69) is 9.97 Å². The summed E-state index contributed by atoms with van der Waals surface area (Å²) in [5, 5.41) is 14.4. The van der Waals surface area contributed by atoms with Crippen LogP contribution in [0, 0.1) is 0 Å². The van der Waals surface area contributed by atoms with Crippen molar-refractivity contribution >= 4 is 22.2 Å². The molecule has 5 heteroatoms. The maximum absolute atomic E-state index is 10.9. The van der Waals surface area contributed by atoms with E-state index in [4.69, 9.17) is 5.73 Å². The number of rotatable bonds is 3. The summed E-state index contributed by atoms with van der Waals surface area (Å²) in [6.45, 7) is 0. The van der Waals surface area contributed by atoms with Crippen molar-refractivity contribution in [2.24, 2.45) is 5.73 Å². The Labute approximate surface area is 143 Å². The van der Waals surface area contributed by atoms with E-state index in [-0.39, 0.29) is 5.75 Å². The number of thiazole rings is 1. The van der Waals surface area contributed by atoms with Gasteiger partial charge < -0.3 is 10.8 Å². The molecule has 0 spiro atoms. The van der Waals surface area contributed by atoms with Gasteiger partial charge in [-0.05, 0) is 11.6 Å². The molecule has 4 rings (SSSR count). The fourth-order valence-corrected chi connectivity index (χ4v) is 3.75. The summed E-state index contributed by atoms with van der Waals surface area (Å²) in [4.78, 5) is 8.73. The molecule has 0 saturated carbocycles. The zero-order valence-corrected chi connectivity index (χ0v) is 13.6. The van der Waals surface area contributed by atoms with Gasteiger partial charge in [0.15, 0.2) is 0 Å². The first-order valence-corrected chi connectivity index (χ1v) is 8.41. The maximum atomic E-state index is 10.9. The number of phenols is 1. The van der Waals surface area contributed by atoms with Gasteiger partial charge in [0, 0.05) is 28.7 Å². The third-order valence-electron chi connectivity index (χ3n) is 4.17. The zero-order chi connectivity index (χ0) is 16.6. The minimum absolute atomic E-state index is 0.0923. The van der Waals surface area contributed by atoms with Crippen LogP contribution in [0.2, 0.25) is 0 Å². The van der Waals surface area contributed by atoms with Gasteiger partial charge in [-0.25, -0.2) is 4.98 Å². The van der Waals surface area contributed by atoms with Crippen LogP contribution in [0.15, 0.2) is 72.4 Å². The van der Waals surface area contributed by atoms with E-state index in [1.165, 1.54) is 11.3 Å². The van der Waals surface area contributed by atoms with Crippen molar-refractivity contribution in [2.75, 3.05) is 0 Å². The molecular weight excluding hydrogens is 318 g/mol. The number of nitrogens with zero attached hydrogens (tertiary/aromatic N) is 2. The Bertz CT molecular complexity index is 986. The molecule has 2 heterocycles. The van der Waals surface area contributed by atoms with Crippen LogP contribution in [0.25, 0.3) is 10.9 Å². The van der Waals surface area contributed by atoms with E-state index in [0.29, 0.717) is 11.1 Å². The average molecular weight is 333 g/mol. The SMILES string of the molecule is NC(c1ccccc1)(c1nccs1)c1ccc2cccnc2c1O. The normalized spacial score (nSPS) is 13.7. The second-order valence-electron chi connectivity index (χ2n) is 5.55. The van der Waals surface area contributed by atoms with Crippen LogP contribution < -0.4 is 5.73 Å². The molecule has 0 fully saturated rings. The first kappa shape index (κ1) is 14.8. The Morgan fingerprint density at radius 1 is 0.917 bits per heavy atom. The molecule has 0 radical (unpaired) electrons. The summed E-state index contributed by atoms with van der Waals surface area (Å²) in [6, 6.07) is 17.2. The predicted octanol–water partition coefficient (Wildman–Crippen LogP) is 3.65. The lowest BCUT2D eigenvalue weighted by Crippen LogP contribution is -2.39. The summed E-state index contributed by atoms with van der Waals surface area (Å²) in [5.41, 5.74) is 7.82. The molecule has 1 unspecified atom stereocenters. The summed E-state index contributed by atoms with van der Waals surface area (Å²) in [5.74, 6) is 0.0923. The first-order valence-electron chi connectivity index (χ1n) is 7.53. The highest BCUT2D eigenvalue weighted by Crippen LogP contribution is 2.41. The fourth-order valence-electron chi connectivity index (χ4n) is 2.96. The number of phenolic OH excluding ortho intramolecular Hbond substituents is 1. The quantitative estimate of drug-likeness (QED) is 0.600. The second-order valence-corrected chi connectivity index (χ2v) is 6.44. The summed E-state index contributed by atoms with van der Waals surface area (Å²) < 4.78 is 0. The lowest BCUT2D eigenvalue weighted by Gasteiger charge is -2.29. The van der Waals surface area contributed by atoms with Crippen molar-refractivity contribution in [2.45, 2.75) is 5.54 Å². The highest BCUT2D eigenvalue weighted by atomic mass is 32.1. The molecule has 24 heavy (non-hydrogen) atoms. The largest absolute Gasteiger partial charge is 0.505 e. The Morgan fingerprint density at radius 2 is 1.75 bits per heavy atom. The van der Waals surface area contributed by atoms with Gasteiger partial charge in [-0.1, -0.05) is 48.5 Å². The number of pyridine rings is 1. The summed E-state index contributed by atoms with van der Waals surface area (Å²) >= 11 is 1.47.